The standard InChI is InChI=1S/C7H6Cl2FNS/c1-12-3-4-2-5(8)11-7(9)6(4)10/h2H,3H2,1H3. The monoisotopic (exact) mass is 225 g/mol. The molecule has 0 saturated carbocycles. The summed E-state index contributed by atoms with van der Waals surface area (Å²) in [6.07, 6.45) is 1.88. The summed E-state index contributed by atoms with van der Waals surface area (Å²) in [5.74, 6) is 0.0729. The van der Waals surface area contributed by atoms with Gasteiger partial charge in [0.05, 0.1) is 0 Å². The van der Waals surface area contributed by atoms with Crippen molar-refractivity contribution in [3.05, 3.63) is 27.8 Å². The van der Waals surface area contributed by atoms with Crippen molar-refractivity contribution in [1.82, 2.24) is 4.98 Å². The highest BCUT2D eigenvalue weighted by Gasteiger charge is 2.08. The molecule has 5 heteroatoms. The van der Waals surface area contributed by atoms with Crippen LogP contribution < -0.4 is 0 Å². The Labute approximate surface area is 84.3 Å². The summed E-state index contributed by atoms with van der Waals surface area (Å²) in [5.41, 5.74) is 0.493. The Bertz CT molecular complexity index is 293. The molecule has 0 saturated heterocycles. The van der Waals surface area contributed by atoms with Crippen LogP contribution in [0.15, 0.2) is 6.07 Å². The maximum atomic E-state index is 13.1. The van der Waals surface area contributed by atoms with E-state index < -0.39 is 5.82 Å². The van der Waals surface area contributed by atoms with Crippen LogP contribution in [0, 0.1) is 5.82 Å². The predicted molar refractivity (Wildman–Crippen MR) is 51.4 cm³/mol. The molecule has 1 aromatic heterocycles. The van der Waals surface area contributed by atoms with Gasteiger partial charge in [-0.05, 0) is 12.3 Å². The first-order chi connectivity index (χ1) is 5.65. The van der Waals surface area contributed by atoms with Crippen LogP contribution in [0.25, 0.3) is 0 Å². The van der Waals surface area contributed by atoms with E-state index in [0.717, 1.165) is 0 Å². The molecule has 1 nitrogen and oxygen atoms in total. The van der Waals surface area contributed by atoms with E-state index in [9.17, 15) is 4.39 Å². The van der Waals surface area contributed by atoms with Gasteiger partial charge in [-0.15, -0.1) is 0 Å². The normalized spacial score (nSPS) is 10.3. The van der Waals surface area contributed by atoms with E-state index in [0.29, 0.717) is 11.3 Å². The number of halogens is 3. The highest BCUT2D eigenvalue weighted by molar-refractivity contribution is 7.97. The molecule has 1 aromatic rings. The molecule has 1 rings (SSSR count). The fourth-order valence-corrected chi connectivity index (χ4v) is 1.77. The summed E-state index contributed by atoms with van der Waals surface area (Å²) in [7, 11) is 0. The minimum Gasteiger partial charge on any atom is -0.221 e. The Morgan fingerprint density at radius 2 is 2.25 bits per heavy atom. The highest BCUT2D eigenvalue weighted by atomic mass is 35.5. The predicted octanol–water partition coefficient (Wildman–Crippen LogP) is 3.39. The number of thioether (sulfide) groups is 1. The summed E-state index contributed by atoms with van der Waals surface area (Å²) in [5, 5.41) is 0.0667. The molecule has 0 N–H and O–H groups in total. The number of nitrogens with zero attached hydrogens (tertiary/aromatic N) is 1. The molecule has 0 unspecified atom stereocenters. The summed E-state index contributed by atoms with van der Waals surface area (Å²) >= 11 is 12.6. The first-order valence-electron chi connectivity index (χ1n) is 3.14. The van der Waals surface area contributed by atoms with Gasteiger partial charge >= 0.3 is 0 Å². The lowest BCUT2D eigenvalue weighted by Crippen LogP contribution is -1.92. The van der Waals surface area contributed by atoms with Crippen molar-refractivity contribution < 1.29 is 4.39 Å². The fraction of sp³-hybridized carbons (Fsp3) is 0.286. The van der Waals surface area contributed by atoms with E-state index >= 15 is 0 Å². The molecule has 0 fully saturated rings. The van der Waals surface area contributed by atoms with Crippen molar-refractivity contribution in [1.29, 1.82) is 0 Å². The molecule has 0 radical (unpaired) electrons. The summed E-state index contributed by atoms with van der Waals surface area (Å²) in [6.45, 7) is 0. The Kier molecular flexibility index (Phi) is 3.62. The minimum atomic E-state index is -0.476. The van der Waals surface area contributed by atoms with Gasteiger partial charge in [0.25, 0.3) is 0 Å². The molecule has 0 bridgehead atoms. The number of aromatic nitrogens is 1. The Morgan fingerprint density at radius 3 is 2.83 bits per heavy atom. The summed E-state index contributed by atoms with van der Waals surface area (Å²) < 4.78 is 13.1. The van der Waals surface area contributed by atoms with Crippen LogP contribution >= 0.6 is 35.0 Å². The van der Waals surface area contributed by atoms with E-state index in [2.05, 4.69) is 4.98 Å². The number of hydrogen-bond donors (Lipinski definition) is 0. The van der Waals surface area contributed by atoms with E-state index in [-0.39, 0.29) is 10.3 Å². The lowest BCUT2D eigenvalue weighted by Gasteiger charge is -2.02. The molecule has 0 spiro atoms. The average molecular weight is 226 g/mol. The molecule has 66 valence electrons. The topological polar surface area (TPSA) is 12.9 Å². The molecular weight excluding hydrogens is 220 g/mol. The zero-order chi connectivity index (χ0) is 9.14. The molecule has 0 amide bonds. The second-order valence-corrected chi connectivity index (χ2v) is 3.75. The van der Waals surface area contributed by atoms with Crippen LogP contribution in [0.1, 0.15) is 5.56 Å². The van der Waals surface area contributed by atoms with Crippen LogP contribution in [0.3, 0.4) is 0 Å². The molecule has 1 heterocycles. The minimum absolute atomic E-state index is 0.161. The second-order valence-electron chi connectivity index (χ2n) is 2.14. The third-order valence-electron chi connectivity index (χ3n) is 1.26. The van der Waals surface area contributed by atoms with E-state index in [1.54, 1.807) is 0 Å². The van der Waals surface area contributed by atoms with Crippen molar-refractivity contribution >= 4 is 35.0 Å². The van der Waals surface area contributed by atoms with Crippen LogP contribution in [0.4, 0.5) is 4.39 Å². The molecule has 12 heavy (non-hydrogen) atoms. The first kappa shape index (κ1) is 10.1. The van der Waals surface area contributed by atoms with Gasteiger partial charge in [-0.25, -0.2) is 9.37 Å². The molecule has 0 aliphatic carbocycles. The second kappa shape index (κ2) is 4.30. The Morgan fingerprint density at radius 1 is 1.58 bits per heavy atom. The van der Waals surface area contributed by atoms with Gasteiger partial charge < -0.3 is 0 Å². The number of pyridine rings is 1. The van der Waals surface area contributed by atoms with Crippen LogP contribution in [0.5, 0.6) is 0 Å². The molecule has 0 aromatic carbocycles. The molecule has 0 atom stereocenters. The largest absolute Gasteiger partial charge is 0.221 e. The zero-order valence-corrected chi connectivity index (χ0v) is 8.60. The van der Waals surface area contributed by atoms with Gasteiger partial charge in [0.1, 0.15) is 5.15 Å². The maximum absolute atomic E-state index is 13.1. The van der Waals surface area contributed by atoms with Crippen molar-refractivity contribution in [2.24, 2.45) is 0 Å². The molecule has 0 aliphatic rings. The smallest absolute Gasteiger partial charge is 0.166 e. The van der Waals surface area contributed by atoms with E-state index in [1.165, 1.54) is 17.8 Å². The van der Waals surface area contributed by atoms with Gasteiger partial charge in [-0.2, -0.15) is 11.8 Å². The van der Waals surface area contributed by atoms with Gasteiger partial charge in [-0.3, -0.25) is 0 Å². The van der Waals surface area contributed by atoms with Crippen molar-refractivity contribution in [2.75, 3.05) is 6.26 Å². The van der Waals surface area contributed by atoms with Crippen LogP contribution in [0.2, 0.25) is 10.3 Å². The van der Waals surface area contributed by atoms with Gasteiger partial charge in [0.2, 0.25) is 0 Å². The third kappa shape index (κ3) is 2.25. The Balaban J connectivity index is 3.09. The number of hydrogen-bond acceptors (Lipinski definition) is 2. The van der Waals surface area contributed by atoms with Crippen LogP contribution in [-0.2, 0) is 5.75 Å². The molecular formula is C7H6Cl2FNS. The highest BCUT2D eigenvalue weighted by Crippen LogP contribution is 2.22. The quantitative estimate of drug-likeness (QED) is 0.717. The lowest BCUT2D eigenvalue weighted by atomic mass is 10.3. The molecule has 0 aliphatic heterocycles. The van der Waals surface area contributed by atoms with Gasteiger partial charge in [0.15, 0.2) is 11.0 Å². The number of rotatable bonds is 2. The van der Waals surface area contributed by atoms with Gasteiger partial charge in [-0.1, -0.05) is 23.2 Å². The van der Waals surface area contributed by atoms with Crippen molar-refractivity contribution in [3.63, 3.8) is 0 Å². The SMILES string of the molecule is CSCc1cc(Cl)nc(Cl)c1F. The lowest BCUT2D eigenvalue weighted by molar-refractivity contribution is 0.611. The summed E-state index contributed by atoms with van der Waals surface area (Å²) in [4.78, 5) is 3.56. The van der Waals surface area contributed by atoms with E-state index in [4.69, 9.17) is 23.2 Å². The van der Waals surface area contributed by atoms with E-state index in [1.807, 2.05) is 6.26 Å². The maximum Gasteiger partial charge on any atom is 0.166 e. The van der Waals surface area contributed by atoms with Crippen molar-refractivity contribution in [2.45, 2.75) is 5.75 Å². The summed E-state index contributed by atoms with van der Waals surface area (Å²) in [6, 6.07) is 1.49. The Hall–Kier alpha value is 0.01000. The van der Waals surface area contributed by atoms with Crippen LogP contribution in [-0.4, -0.2) is 11.2 Å². The van der Waals surface area contributed by atoms with Gasteiger partial charge in [0, 0.05) is 11.3 Å². The fourth-order valence-electron chi connectivity index (χ4n) is 0.775. The zero-order valence-electron chi connectivity index (χ0n) is 6.27. The third-order valence-corrected chi connectivity index (χ3v) is 2.30. The first-order valence-corrected chi connectivity index (χ1v) is 5.29. The average Bonchev–Trinajstić information content (AvgIpc) is 2.00. The van der Waals surface area contributed by atoms with Crippen molar-refractivity contribution in [3.8, 4) is 0 Å².